The average molecular weight is 472 g/mol. The fraction of sp³-hybridized carbons (Fsp3) is 0.278. The Morgan fingerprint density at radius 2 is 1.93 bits per heavy atom. The Morgan fingerprint density at radius 3 is 2.52 bits per heavy atom. The monoisotopic (exact) mass is 471 g/mol. The standard InChI is InChI=1S/C18H18ClN3O4S3/c1-3-22-17(24)13(10-15(23)20-12-6-4-11(2)5-7-12)27-18(22)21-29(25,26)16-9-8-14(19)28-16/h4-9,13H,3,10H2,1-2H3,(H,20,23). The second-order valence-corrected chi connectivity index (χ2v) is 10.9. The van der Waals surface area contributed by atoms with Gasteiger partial charge in [-0.3, -0.25) is 14.5 Å². The molecule has 2 heterocycles. The number of carbonyl (C=O) groups is 2. The van der Waals surface area contributed by atoms with Crippen LogP contribution in [-0.4, -0.2) is 42.1 Å². The van der Waals surface area contributed by atoms with Crippen molar-refractivity contribution in [2.45, 2.75) is 29.7 Å². The maximum Gasteiger partial charge on any atom is 0.294 e. The summed E-state index contributed by atoms with van der Waals surface area (Å²) in [6.45, 7) is 3.91. The summed E-state index contributed by atoms with van der Waals surface area (Å²) < 4.78 is 29.2. The number of aryl methyl sites for hydroxylation is 1. The Hall–Kier alpha value is -1.88. The largest absolute Gasteiger partial charge is 0.326 e. The Morgan fingerprint density at radius 1 is 1.24 bits per heavy atom. The predicted molar refractivity (Wildman–Crippen MR) is 117 cm³/mol. The van der Waals surface area contributed by atoms with Crippen LogP contribution in [-0.2, 0) is 19.6 Å². The van der Waals surface area contributed by atoms with Gasteiger partial charge in [-0.15, -0.1) is 15.7 Å². The quantitative estimate of drug-likeness (QED) is 0.692. The van der Waals surface area contributed by atoms with Crippen LogP contribution >= 0.6 is 34.7 Å². The molecule has 154 valence electrons. The summed E-state index contributed by atoms with van der Waals surface area (Å²) in [4.78, 5) is 26.3. The molecule has 1 aromatic carbocycles. The van der Waals surface area contributed by atoms with Crippen LogP contribution in [0.25, 0.3) is 0 Å². The van der Waals surface area contributed by atoms with Crippen molar-refractivity contribution in [3.05, 3.63) is 46.3 Å². The van der Waals surface area contributed by atoms with Gasteiger partial charge in [-0.25, -0.2) is 0 Å². The van der Waals surface area contributed by atoms with Crippen LogP contribution in [0.5, 0.6) is 0 Å². The second kappa shape index (κ2) is 8.86. The van der Waals surface area contributed by atoms with Crippen molar-refractivity contribution < 1.29 is 18.0 Å². The highest BCUT2D eigenvalue weighted by Crippen LogP contribution is 2.33. The molecule has 1 atom stereocenters. The van der Waals surface area contributed by atoms with Crippen LogP contribution < -0.4 is 5.32 Å². The van der Waals surface area contributed by atoms with Crippen LogP contribution in [0.4, 0.5) is 5.69 Å². The molecular formula is C18H18ClN3O4S3. The Bertz CT molecular complexity index is 1060. The first-order chi connectivity index (χ1) is 13.7. The summed E-state index contributed by atoms with van der Waals surface area (Å²) in [7, 11) is -3.99. The molecule has 11 heteroatoms. The first-order valence-electron chi connectivity index (χ1n) is 8.64. The normalized spacial score (nSPS) is 18.4. The zero-order chi connectivity index (χ0) is 21.2. The minimum Gasteiger partial charge on any atom is -0.326 e. The van der Waals surface area contributed by atoms with Crippen LogP contribution in [0.3, 0.4) is 0 Å². The highest BCUT2D eigenvalue weighted by atomic mass is 35.5. The minimum atomic E-state index is -3.99. The SMILES string of the molecule is CCN1C(=O)C(CC(=O)Nc2ccc(C)cc2)SC1=NS(=O)(=O)c1ccc(Cl)s1. The van der Waals surface area contributed by atoms with Gasteiger partial charge in [-0.2, -0.15) is 8.42 Å². The molecule has 0 aliphatic carbocycles. The molecule has 1 N–H and O–H groups in total. The highest BCUT2D eigenvalue weighted by Gasteiger charge is 2.39. The van der Waals surface area contributed by atoms with E-state index in [1.165, 1.54) is 17.0 Å². The van der Waals surface area contributed by atoms with E-state index >= 15 is 0 Å². The Labute approximate surface area is 182 Å². The van der Waals surface area contributed by atoms with Gasteiger partial charge in [0.05, 0.1) is 4.34 Å². The van der Waals surface area contributed by atoms with Crippen molar-refractivity contribution in [1.29, 1.82) is 0 Å². The van der Waals surface area contributed by atoms with Crippen LogP contribution in [0.1, 0.15) is 18.9 Å². The molecule has 1 aliphatic heterocycles. The number of halogens is 1. The van der Waals surface area contributed by atoms with E-state index < -0.39 is 15.3 Å². The minimum absolute atomic E-state index is 0.000309. The molecule has 1 saturated heterocycles. The number of anilines is 1. The van der Waals surface area contributed by atoms with E-state index in [9.17, 15) is 18.0 Å². The maximum absolute atomic E-state index is 12.6. The predicted octanol–water partition coefficient (Wildman–Crippen LogP) is 3.75. The van der Waals surface area contributed by atoms with Gasteiger partial charge < -0.3 is 5.32 Å². The fourth-order valence-electron chi connectivity index (χ4n) is 2.60. The lowest BCUT2D eigenvalue weighted by atomic mass is 10.2. The second-order valence-electron chi connectivity index (χ2n) is 6.21. The van der Waals surface area contributed by atoms with Crippen LogP contribution in [0.2, 0.25) is 4.34 Å². The maximum atomic E-state index is 12.6. The molecule has 1 aromatic heterocycles. The Kier molecular flexibility index (Phi) is 6.67. The van der Waals surface area contributed by atoms with Gasteiger partial charge in [0, 0.05) is 18.7 Å². The van der Waals surface area contributed by atoms with E-state index in [4.69, 9.17) is 11.6 Å². The number of amides is 2. The van der Waals surface area contributed by atoms with Crippen molar-refractivity contribution >= 4 is 67.4 Å². The molecule has 1 unspecified atom stereocenters. The number of thiophene rings is 1. The summed E-state index contributed by atoms with van der Waals surface area (Å²) in [5.74, 6) is -0.667. The van der Waals surface area contributed by atoms with Crippen LogP contribution in [0.15, 0.2) is 45.0 Å². The van der Waals surface area contributed by atoms with E-state index in [0.717, 1.165) is 28.7 Å². The van der Waals surface area contributed by atoms with E-state index in [1.807, 2.05) is 19.1 Å². The molecular weight excluding hydrogens is 454 g/mol. The third-order valence-corrected chi connectivity index (χ3v) is 8.30. The van der Waals surface area contributed by atoms with Crippen LogP contribution in [0, 0.1) is 6.92 Å². The third-order valence-electron chi connectivity index (χ3n) is 4.04. The van der Waals surface area contributed by atoms with Crippen molar-refractivity contribution in [2.24, 2.45) is 4.40 Å². The number of sulfonamides is 1. The van der Waals surface area contributed by atoms with E-state index in [0.29, 0.717) is 10.0 Å². The summed E-state index contributed by atoms with van der Waals surface area (Å²) in [6.07, 6.45) is -0.0855. The first-order valence-corrected chi connectivity index (χ1v) is 12.2. The van der Waals surface area contributed by atoms with Crippen molar-refractivity contribution in [1.82, 2.24) is 4.90 Å². The van der Waals surface area contributed by atoms with Gasteiger partial charge in [0.2, 0.25) is 11.8 Å². The number of amidine groups is 1. The number of hydrogen-bond acceptors (Lipinski definition) is 6. The van der Waals surface area contributed by atoms with Gasteiger partial charge >= 0.3 is 0 Å². The molecule has 0 spiro atoms. The Balaban J connectivity index is 1.74. The molecule has 0 bridgehead atoms. The number of nitrogens with one attached hydrogen (secondary N) is 1. The molecule has 29 heavy (non-hydrogen) atoms. The van der Waals surface area contributed by atoms with Crippen molar-refractivity contribution in [3.63, 3.8) is 0 Å². The number of carbonyl (C=O) groups excluding carboxylic acids is 2. The summed E-state index contributed by atoms with van der Waals surface area (Å²) in [5.41, 5.74) is 1.70. The molecule has 2 amide bonds. The van der Waals surface area contributed by atoms with Gasteiger partial charge in [0.15, 0.2) is 5.17 Å². The van der Waals surface area contributed by atoms with E-state index in [2.05, 4.69) is 9.71 Å². The first kappa shape index (κ1) is 21.8. The smallest absolute Gasteiger partial charge is 0.294 e. The van der Waals surface area contributed by atoms with Crippen molar-refractivity contribution in [2.75, 3.05) is 11.9 Å². The molecule has 7 nitrogen and oxygen atoms in total. The van der Waals surface area contributed by atoms with Gasteiger partial charge in [-0.1, -0.05) is 41.1 Å². The number of nitrogens with zero attached hydrogens (tertiary/aromatic N) is 2. The lowest BCUT2D eigenvalue weighted by molar-refractivity contribution is -0.128. The summed E-state index contributed by atoms with van der Waals surface area (Å²) >= 11 is 7.68. The van der Waals surface area contributed by atoms with Gasteiger partial charge in [-0.05, 0) is 38.1 Å². The lowest BCUT2D eigenvalue weighted by Crippen LogP contribution is -2.33. The number of hydrogen-bond donors (Lipinski definition) is 1. The molecule has 0 radical (unpaired) electrons. The average Bonchev–Trinajstić information content (AvgIpc) is 3.21. The number of rotatable bonds is 6. The number of benzene rings is 1. The summed E-state index contributed by atoms with van der Waals surface area (Å²) in [6, 6.07) is 10.1. The fourth-order valence-corrected chi connectivity index (χ4v) is 6.48. The zero-order valence-corrected chi connectivity index (χ0v) is 18.8. The zero-order valence-electron chi connectivity index (χ0n) is 15.6. The molecule has 3 rings (SSSR count). The van der Waals surface area contributed by atoms with Gasteiger partial charge in [0.25, 0.3) is 10.0 Å². The number of thioether (sulfide) groups is 1. The molecule has 1 fully saturated rings. The topological polar surface area (TPSA) is 95.9 Å². The molecule has 1 aliphatic rings. The lowest BCUT2D eigenvalue weighted by Gasteiger charge is -2.13. The highest BCUT2D eigenvalue weighted by molar-refractivity contribution is 8.16. The van der Waals surface area contributed by atoms with E-state index in [-0.39, 0.29) is 34.2 Å². The van der Waals surface area contributed by atoms with E-state index in [1.54, 1.807) is 19.1 Å². The summed E-state index contributed by atoms with van der Waals surface area (Å²) in [5, 5.41) is 2.08. The third kappa shape index (κ3) is 5.19. The van der Waals surface area contributed by atoms with Crippen molar-refractivity contribution in [3.8, 4) is 0 Å². The molecule has 2 aromatic rings. The van der Waals surface area contributed by atoms with Gasteiger partial charge in [0.1, 0.15) is 9.46 Å². The molecule has 0 saturated carbocycles.